The van der Waals surface area contributed by atoms with Crippen LogP contribution in [0.2, 0.25) is 0 Å². The number of aromatic nitrogens is 1. The van der Waals surface area contributed by atoms with Crippen LogP contribution in [0, 0.1) is 0 Å². The third-order valence-corrected chi connectivity index (χ3v) is 5.99. The molecule has 7 heteroatoms. The highest BCUT2D eigenvalue weighted by molar-refractivity contribution is 6.07. The van der Waals surface area contributed by atoms with E-state index in [2.05, 4.69) is 5.32 Å². The number of carbonyl (C=O) groups excluding carboxylic acids is 2. The molecular formula is C28H25N3O4. The summed E-state index contributed by atoms with van der Waals surface area (Å²) < 4.78 is 11.4. The Bertz CT molecular complexity index is 1420. The number of ether oxygens (including phenoxy) is 2. The molecule has 1 aliphatic rings. The van der Waals surface area contributed by atoms with Crippen LogP contribution in [0.3, 0.4) is 0 Å². The number of amides is 2. The van der Waals surface area contributed by atoms with Crippen molar-refractivity contribution in [2.75, 3.05) is 27.3 Å². The maximum absolute atomic E-state index is 13.6. The lowest BCUT2D eigenvalue weighted by molar-refractivity contribution is 0.0786. The van der Waals surface area contributed by atoms with E-state index < -0.39 is 0 Å². The van der Waals surface area contributed by atoms with Gasteiger partial charge in [-0.3, -0.25) is 9.59 Å². The molecule has 0 bridgehead atoms. The summed E-state index contributed by atoms with van der Waals surface area (Å²) in [5.41, 5.74) is 4.36. The van der Waals surface area contributed by atoms with E-state index in [1.165, 1.54) is 0 Å². The summed E-state index contributed by atoms with van der Waals surface area (Å²) in [6, 6.07) is 22.4. The maximum Gasteiger partial charge on any atom is 0.254 e. The molecule has 0 unspecified atom stereocenters. The molecule has 3 aromatic carbocycles. The van der Waals surface area contributed by atoms with Crippen molar-refractivity contribution in [3.8, 4) is 22.8 Å². The smallest absolute Gasteiger partial charge is 0.254 e. The molecule has 1 aromatic heterocycles. The predicted molar refractivity (Wildman–Crippen MR) is 134 cm³/mol. The third kappa shape index (κ3) is 4.53. The van der Waals surface area contributed by atoms with Crippen molar-refractivity contribution >= 4 is 22.7 Å². The summed E-state index contributed by atoms with van der Waals surface area (Å²) in [6.45, 7) is 1.43. The van der Waals surface area contributed by atoms with Crippen molar-refractivity contribution in [2.45, 2.75) is 6.54 Å². The number of carbonyl (C=O) groups is 2. The zero-order valence-electron chi connectivity index (χ0n) is 19.6. The maximum atomic E-state index is 13.6. The van der Waals surface area contributed by atoms with Gasteiger partial charge in [0, 0.05) is 37.2 Å². The number of para-hydroxylation sites is 1. The van der Waals surface area contributed by atoms with Crippen molar-refractivity contribution in [1.82, 2.24) is 15.2 Å². The molecule has 0 fully saturated rings. The van der Waals surface area contributed by atoms with E-state index in [4.69, 9.17) is 14.5 Å². The van der Waals surface area contributed by atoms with Gasteiger partial charge in [0.05, 0.1) is 16.8 Å². The number of benzene rings is 3. The summed E-state index contributed by atoms with van der Waals surface area (Å²) in [5.74, 6) is 1.13. The molecule has 1 aliphatic heterocycles. The molecule has 0 aliphatic carbocycles. The topological polar surface area (TPSA) is 80.8 Å². The van der Waals surface area contributed by atoms with Crippen LogP contribution in [0.4, 0.5) is 0 Å². The van der Waals surface area contributed by atoms with Crippen LogP contribution in [-0.4, -0.2) is 49.0 Å². The molecule has 176 valence electrons. The van der Waals surface area contributed by atoms with Gasteiger partial charge in [0.2, 0.25) is 0 Å². The van der Waals surface area contributed by atoms with E-state index in [1.54, 1.807) is 31.1 Å². The average molecular weight is 468 g/mol. The van der Waals surface area contributed by atoms with Gasteiger partial charge in [-0.1, -0.05) is 30.3 Å². The monoisotopic (exact) mass is 467 g/mol. The lowest BCUT2D eigenvalue weighted by atomic mass is 10.0. The first kappa shape index (κ1) is 22.4. The molecule has 5 rings (SSSR count). The Morgan fingerprint density at radius 1 is 0.943 bits per heavy atom. The second-order valence-corrected chi connectivity index (χ2v) is 8.37. The highest BCUT2D eigenvalue weighted by atomic mass is 16.6. The van der Waals surface area contributed by atoms with E-state index in [1.807, 2.05) is 60.7 Å². The number of hydrogen-bond acceptors (Lipinski definition) is 5. The van der Waals surface area contributed by atoms with Gasteiger partial charge in [-0.15, -0.1) is 0 Å². The van der Waals surface area contributed by atoms with E-state index in [-0.39, 0.29) is 11.8 Å². The molecule has 7 nitrogen and oxygen atoms in total. The summed E-state index contributed by atoms with van der Waals surface area (Å²) in [6.07, 6.45) is 0. The number of hydrogen-bond donors (Lipinski definition) is 1. The van der Waals surface area contributed by atoms with Crippen molar-refractivity contribution < 1.29 is 19.1 Å². The quantitative estimate of drug-likeness (QED) is 0.473. The van der Waals surface area contributed by atoms with Crippen LogP contribution < -0.4 is 14.8 Å². The molecule has 0 saturated heterocycles. The first-order valence-electron chi connectivity index (χ1n) is 11.4. The second-order valence-electron chi connectivity index (χ2n) is 8.37. The van der Waals surface area contributed by atoms with Crippen LogP contribution in [0.25, 0.3) is 22.2 Å². The van der Waals surface area contributed by atoms with Gasteiger partial charge in [-0.05, 0) is 48.0 Å². The first-order chi connectivity index (χ1) is 17.0. The van der Waals surface area contributed by atoms with Crippen LogP contribution in [-0.2, 0) is 6.54 Å². The molecule has 2 amide bonds. The molecule has 0 saturated carbocycles. The zero-order valence-corrected chi connectivity index (χ0v) is 19.6. The summed E-state index contributed by atoms with van der Waals surface area (Å²) >= 11 is 0. The van der Waals surface area contributed by atoms with Gasteiger partial charge in [0.1, 0.15) is 13.2 Å². The van der Waals surface area contributed by atoms with E-state index >= 15 is 0 Å². The van der Waals surface area contributed by atoms with Gasteiger partial charge in [0.15, 0.2) is 11.5 Å². The molecule has 0 radical (unpaired) electrons. The van der Waals surface area contributed by atoms with Crippen LogP contribution in [0.15, 0.2) is 72.8 Å². The standard InChI is InChI=1S/C28H25N3O4/c1-29-27(32)19-9-7-18(8-10-19)17-31(2)28(33)22-16-24(30-23-6-4-3-5-21(22)23)20-11-12-25-26(15-20)35-14-13-34-25/h3-12,15-16H,13-14,17H2,1-2H3,(H,29,32). The van der Waals surface area contributed by atoms with Crippen LogP contribution in [0.5, 0.6) is 11.5 Å². The molecule has 4 aromatic rings. The van der Waals surface area contributed by atoms with Crippen molar-refractivity contribution in [3.05, 3.63) is 89.5 Å². The van der Waals surface area contributed by atoms with E-state index in [0.29, 0.717) is 48.1 Å². The molecular weight excluding hydrogens is 442 g/mol. The fraction of sp³-hybridized carbons (Fsp3) is 0.179. The lowest BCUT2D eigenvalue weighted by Gasteiger charge is -2.20. The molecule has 1 N–H and O–H groups in total. The summed E-state index contributed by atoms with van der Waals surface area (Å²) in [5, 5.41) is 3.40. The predicted octanol–water partition coefficient (Wildman–Crippen LogP) is 4.30. The van der Waals surface area contributed by atoms with E-state index in [0.717, 1.165) is 22.0 Å². The Hall–Kier alpha value is -4.39. The van der Waals surface area contributed by atoms with Gasteiger partial charge in [0.25, 0.3) is 11.8 Å². The largest absolute Gasteiger partial charge is 0.486 e. The summed E-state index contributed by atoms with van der Waals surface area (Å²) in [7, 11) is 3.37. The van der Waals surface area contributed by atoms with Crippen LogP contribution in [0.1, 0.15) is 26.3 Å². The molecule has 2 heterocycles. The molecule has 0 spiro atoms. The minimum absolute atomic E-state index is 0.113. The van der Waals surface area contributed by atoms with Crippen molar-refractivity contribution in [3.63, 3.8) is 0 Å². The Balaban J connectivity index is 1.47. The van der Waals surface area contributed by atoms with Crippen molar-refractivity contribution in [1.29, 1.82) is 0 Å². The number of nitrogens with zero attached hydrogens (tertiary/aromatic N) is 2. The Morgan fingerprint density at radius 2 is 1.69 bits per heavy atom. The lowest BCUT2D eigenvalue weighted by Crippen LogP contribution is -2.26. The first-order valence-corrected chi connectivity index (χ1v) is 11.4. The molecule has 35 heavy (non-hydrogen) atoms. The van der Waals surface area contributed by atoms with Gasteiger partial charge < -0.3 is 19.7 Å². The van der Waals surface area contributed by atoms with Gasteiger partial charge in [-0.2, -0.15) is 0 Å². The minimum Gasteiger partial charge on any atom is -0.486 e. The highest BCUT2D eigenvalue weighted by Gasteiger charge is 2.19. The fourth-order valence-corrected chi connectivity index (χ4v) is 4.16. The second kappa shape index (κ2) is 9.46. The Labute approximate surface area is 203 Å². The zero-order chi connectivity index (χ0) is 24.4. The fourth-order valence-electron chi connectivity index (χ4n) is 4.16. The SMILES string of the molecule is CNC(=O)c1ccc(CN(C)C(=O)c2cc(-c3ccc4c(c3)OCCO4)nc3ccccc23)cc1. The number of pyridine rings is 1. The number of nitrogens with one attached hydrogen (secondary N) is 1. The Morgan fingerprint density at radius 3 is 2.46 bits per heavy atom. The van der Waals surface area contributed by atoms with Crippen molar-refractivity contribution in [2.24, 2.45) is 0 Å². The van der Waals surface area contributed by atoms with Gasteiger partial charge in [-0.25, -0.2) is 4.98 Å². The Kier molecular flexibility index (Phi) is 6.06. The van der Waals surface area contributed by atoms with E-state index in [9.17, 15) is 9.59 Å². The van der Waals surface area contributed by atoms with Crippen LogP contribution >= 0.6 is 0 Å². The summed E-state index contributed by atoms with van der Waals surface area (Å²) in [4.78, 5) is 31.9. The van der Waals surface area contributed by atoms with Gasteiger partial charge >= 0.3 is 0 Å². The number of rotatable bonds is 5. The number of fused-ring (bicyclic) bond motifs is 2. The molecule has 0 atom stereocenters. The third-order valence-electron chi connectivity index (χ3n) is 5.99. The minimum atomic E-state index is -0.143. The highest BCUT2D eigenvalue weighted by Crippen LogP contribution is 2.35. The average Bonchev–Trinajstić information content (AvgIpc) is 2.91. The normalized spacial score (nSPS) is 12.3.